The molecule has 0 saturated carbocycles. The van der Waals surface area contributed by atoms with Crippen LogP contribution in [0.1, 0.15) is 32.3 Å². The number of carbonyl (C=O) groups excluding carboxylic acids is 2. The third-order valence-electron chi connectivity index (χ3n) is 5.35. The summed E-state index contributed by atoms with van der Waals surface area (Å²) in [5.41, 5.74) is 2.39. The van der Waals surface area contributed by atoms with Crippen molar-refractivity contribution in [3.05, 3.63) is 59.9 Å². The van der Waals surface area contributed by atoms with Gasteiger partial charge in [-0.05, 0) is 29.7 Å². The summed E-state index contributed by atoms with van der Waals surface area (Å²) in [7, 11) is 0. The van der Waals surface area contributed by atoms with Crippen molar-refractivity contribution in [3.8, 4) is 0 Å². The molecule has 0 atom stereocenters. The van der Waals surface area contributed by atoms with Crippen LogP contribution in [0.5, 0.6) is 0 Å². The Morgan fingerprint density at radius 3 is 2.24 bits per heavy atom. The SMILES string of the molecule is CC(=O)N(CC(=O)N1CCN(c2ccccc2F)CC1)c1ccccc1C(C)C. The molecule has 0 aromatic heterocycles. The minimum Gasteiger partial charge on any atom is -0.366 e. The Hall–Kier alpha value is -2.89. The van der Waals surface area contributed by atoms with E-state index in [1.165, 1.54) is 13.0 Å². The van der Waals surface area contributed by atoms with Gasteiger partial charge in [0.15, 0.2) is 0 Å². The Kier molecular flexibility index (Phi) is 6.52. The van der Waals surface area contributed by atoms with Crippen molar-refractivity contribution < 1.29 is 14.0 Å². The zero-order valence-corrected chi connectivity index (χ0v) is 17.3. The lowest BCUT2D eigenvalue weighted by Gasteiger charge is -2.37. The van der Waals surface area contributed by atoms with E-state index >= 15 is 0 Å². The summed E-state index contributed by atoms with van der Waals surface area (Å²) < 4.78 is 14.0. The highest BCUT2D eigenvalue weighted by molar-refractivity contribution is 5.98. The molecular weight excluding hydrogens is 369 g/mol. The second-order valence-corrected chi connectivity index (χ2v) is 7.64. The van der Waals surface area contributed by atoms with Gasteiger partial charge in [0.1, 0.15) is 12.4 Å². The molecule has 1 fully saturated rings. The van der Waals surface area contributed by atoms with Gasteiger partial charge in [0.2, 0.25) is 11.8 Å². The van der Waals surface area contributed by atoms with Gasteiger partial charge in [-0.1, -0.05) is 44.2 Å². The zero-order valence-electron chi connectivity index (χ0n) is 17.3. The van der Waals surface area contributed by atoms with E-state index in [1.807, 2.05) is 35.2 Å². The summed E-state index contributed by atoms with van der Waals surface area (Å²) in [6, 6.07) is 14.4. The van der Waals surface area contributed by atoms with Crippen molar-refractivity contribution in [2.45, 2.75) is 26.7 Å². The Bertz CT molecular complexity index is 876. The molecule has 1 aliphatic rings. The average Bonchev–Trinajstić information content (AvgIpc) is 2.72. The second kappa shape index (κ2) is 9.07. The smallest absolute Gasteiger partial charge is 0.242 e. The molecule has 0 N–H and O–H groups in total. The second-order valence-electron chi connectivity index (χ2n) is 7.64. The number of rotatable bonds is 5. The molecule has 2 aromatic rings. The van der Waals surface area contributed by atoms with Crippen LogP contribution in [-0.4, -0.2) is 49.4 Å². The standard InChI is InChI=1S/C23H28FN3O2/c1-17(2)19-8-4-6-10-21(19)27(18(3)28)16-23(29)26-14-12-25(13-15-26)22-11-7-5-9-20(22)24/h4-11,17H,12-16H2,1-3H3. The number of carbonyl (C=O) groups is 2. The topological polar surface area (TPSA) is 43.9 Å². The fourth-order valence-electron chi connectivity index (χ4n) is 3.73. The molecule has 1 heterocycles. The molecule has 29 heavy (non-hydrogen) atoms. The van der Waals surface area contributed by atoms with Crippen LogP contribution in [0.25, 0.3) is 0 Å². The molecule has 0 spiro atoms. The van der Waals surface area contributed by atoms with Crippen LogP contribution in [0.2, 0.25) is 0 Å². The molecule has 2 aromatic carbocycles. The molecule has 154 valence electrons. The maximum Gasteiger partial charge on any atom is 0.242 e. The van der Waals surface area contributed by atoms with Crippen LogP contribution in [0.4, 0.5) is 15.8 Å². The summed E-state index contributed by atoms with van der Waals surface area (Å²) in [4.78, 5) is 30.5. The first-order chi connectivity index (χ1) is 13.9. The largest absolute Gasteiger partial charge is 0.366 e. The van der Waals surface area contributed by atoms with Crippen molar-refractivity contribution in [2.75, 3.05) is 42.5 Å². The lowest BCUT2D eigenvalue weighted by molar-refractivity contribution is -0.131. The van der Waals surface area contributed by atoms with Crippen molar-refractivity contribution in [1.82, 2.24) is 4.90 Å². The average molecular weight is 397 g/mol. The lowest BCUT2D eigenvalue weighted by Crippen LogP contribution is -2.52. The van der Waals surface area contributed by atoms with E-state index in [4.69, 9.17) is 0 Å². The molecule has 0 aliphatic carbocycles. The predicted molar refractivity (Wildman–Crippen MR) is 114 cm³/mol. The number of benzene rings is 2. The number of para-hydroxylation sites is 2. The highest BCUT2D eigenvalue weighted by Crippen LogP contribution is 2.28. The predicted octanol–water partition coefficient (Wildman–Crippen LogP) is 3.65. The number of piperazine rings is 1. The lowest BCUT2D eigenvalue weighted by atomic mass is 10.0. The van der Waals surface area contributed by atoms with Crippen LogP contribution in [-0.2, 0) is 9.59 Å². The first kappa shape index (κ1) is 20.8. The highest BCUT2D eigenvalue weighted by atomic mass is 19.1. The summed E-state index contributed by atoms with van der Waals surface area (Å²) >= 11 is 0. The molecule has 6 heteroatoms. The molecule has 0 radical (unpaired) electrons. The van der Waals surface area contributed by atoms with Crippen molar-refractivity contribution in [1.29, 1.82) is 0 Å². The van der Waals surface area contributed by atoms with E-state index in [9.17, 15) is 14.0 Å². The number of amides is 2. The van der Waals surface area contributed by atoms with E-state index in [-0.39, 0.29) is 30.1 Å². The maximum atomic E-state index is 14.0. The van der Waals surface area contributed by atoms with Gasteiger partial charge in [0.05, 0.1) is 5.69 Å². The van der Waals surface area contributed by atoms with Gasteiger partial charge < -0.3 is 14.7 Å². The van der Waals surface area contributed by atoms with Gasteiger partial charge in [-0.3, -0.25) is 9.59 Å². The fourth-order valence-corrected chi connectivity index (χ4v) is 3.73. The Balaban J connectivity index is 1.68. The molecule has 3 rings (SSSR count). The number of hydrogen-bond acceptors (Lipinski definition) is 3. The Morgan fingerprint density at radius 2 is 1.62 bits per heavy atom. The van der Waals surface area contributed by atoms with Crippen LogP contribution < -0.4 is 9.80 Å². The molecule has 1 saturated heterocycles. The van der Waals surface area contributed by atoms with Crippen LogP contribution in [0.15, 0.2) is 48.5 Å². The van der Waals surface area contributed by atoms with Gasteiger partial charge in [0.25, 0.3) is 0 Å². The van der Waals surface area contributed by atoms with Crippen LogP contribution in [0.3, 0.4) is 0 Å². The number of nitrogens with zero attached hydrogens (tertiary/aromatic N) is 3. The minimum atomic E-state index is -0.250. The van der Waals surface area contributed by atoms with Gasteiger partial charge in [-0.25, -0.2) is 4.39 Å². The van der Waals surface area contributed by atoms with Crippen LogP contribution >= 0.6 is 0 Å². The van der Waals surface area contributed by atoms with Crippen molar-refractivity contribution >= 4 is 23.2 Å². The molecule has 0 unspecified atom stereocenters. The van der Waals surface area contributed by atoms with Crippen molar-refractivity contribution in [2.24, 2.45) is 0 Å². The number of anilines is 2. The zero-order chi connectivity index (χ0) is 21.0. The Morgan fingerprint density at radius 1 is 1.00 bits per heavy atom. The van der Waals surface area contributed by atoms with Gasteiger partial charge >= 0.3 is 0 Å². The highest BCUT2D eigenvalue weighted by Gasteiger charge is 2.26. The number of hydrogen-bond donors (Lipinski definition) is 0. The third kappa shape index (κ3) is 4.75. The normalized spacial score (nSPS) is 14.2. The summed E-state index contributed by atoms with van der Waals surface area (Å²) in [5, 5.41) is 0. The molecule has 5 nitrogen and oxygen atoms in total. The molecule has 2 amide bonds. The summed E-state index contributed by atoms with van der Waals surface area (Å²) in [6.45, 7) is 7.78. The Labute approximate surface area is 171 Å². The maximum absolute atomic E-state index is 14.0. The first-order valence-electron chi connectivity index (χ1n) is 10.0. The van der Waals surface area contributed by atoms with E-state index in [2.05, 4.69) is 13.8 Å². The number of halogens is 1. The van der Waals surface area contributed by atoms with E-state index in [0.717, 1.165) is 11.3 Å². The minimum absolute atomic E-state index is 0.0127. The van der Waals surface area contributed by atoms with E-state index < -0.39 is 0 Å². The quantitative estimate of drug-likeness (QED) is 0.774. The monoisotopic (exact) mass is 397 g/mol. The van der Waals surface area contributed by atoms with Gasteiger partial charge in [-0.15, -0.1) is 0 Å². The first-order valence-corrected chi connectivity index (χ1v) is 10.0. The molecular formula is C23H28FN3O2. The fraction of sp³-hybridized carbons (Fsp3) is 0.391. The summed E-state index contributed by atoms with van der Waals surface area (Å²) in [5.74, 6) is -0.254. The van der Waals surface area contributed by atoms with E-state index in [0.29, 0.717) is 31.9 Å². The van der Waals surface area contributed by atoms with Gasteiger partial charge in [-0.2, -0.15) is 0 Å². The summed E-state index contributed by atoms with van der Waals surface area (Å²) in [6.07, 6.45) is 0. The molecule has 0 bridgehead atoms. The van der Waals surface area contributed by atoms with E-state index in [1.54, 1.807) is 21.9 Å². The van der Waals surface area contributed by atoms with Crippen molar-refractivity contribution in [3.63, 3.8) is 0 Å². The molecule has 1 aliphatic heterocycles. The third-order valence-corrected chi connectivity index (χ3v) is 5.35. The van der Waals surface area contributed by atoms with Gasteiger partial charge in [0, 0.05) is 38.8 Å². The van der Waals surface area contributed by atoms with Crippen LogP contribution in [0, 0.1) is 5.82 Å².